The highest BCUT2D eigenvalue weighted by Crippen LogP contribution is 2.14. The van der Waals surface area contributed by atoms with E-state index in [2.05, 4.69) is 5.32 Å². The van der Waals surface area contributed by atoms with Gasteiger partial charge in [-0.1, -0.05) is 0 Å². The fourth-order valence-corrected chi connectivity index (χ4v) is 2.97. The van der Waals surface area contributed by atoms with Gasteiger partial charge in [-0.05, 0) is 38.3 Å². The highest BCUT2D eigenvalue weighted by atomic mass is 16.2. The average molecular weight is 296 g/mol. The summed E-state index contributed by atoms with van der Waals surface area (Å²) in [7, 11) is 0. The van der Waals surface area contributed by atoms with E-state index in [4.69, 9.17) is 5.73 Å². The summed E-state index contributed by atoms with van der Waals surface area (Å²) < 4.78 is 0. The van der Waals surface area contributed by atoms with Gasteiger partial charge in [0, 0.05) is 19.5 Å². The van der Waals surface area contributed by atoms with Crippen molar-refractivity contribution in [1.29, 1.82) is 0 Å². The number of piperidine rings is 1. The van der Waals surface area contributed by atoms with Crippen LogP contribution in [0.1, 0.15) is 25.7 Å². The lowest BCUT2D eigenvalue weighted by Gasteiger charge is -2.31. The second kappa shape index (κ2) is 7.51. The van der Waals surface area contributed by atoms with Gasteiger partial charge < -0.3 is 10.6 Å². The SMILES string of the molecule is NCC1CCCN(CC(=O)NC(=O)CN2CCCC2=O)C1. The van der Waals surface area contributed by atoms with E-state index in [1.807, 2.05) is 4.90 Å². The van der Waals surface area contributed by atoms with Gasteiger partial charge >= 0.3 is 0 Å². The lowest BCUT2D eigenvalue weighted by Crippen LogP contribution is -2.47. The molecule has 7 heteroatoms. The molecule has 1 unspecified atom stereocenters. The third-order valence-corrected chi connectivity index (χ3v) is 4.09. The summed E-state index contributed by atoms with van der Waals surface area (Å²) in [6, 6.07) is 0. The second-order valence-electron chi connectivity index (χ2n) is 5.87. The zero-order valence-electron chi connectivity index (χ0n) is 12.3. The number of nitrogens with two attached hydrogens (primary N) is 1. The van der Waals surface area contributed by atoms with Crippen LogP contribution < -0.4 is 11.1 Å². The number of nitrogens with one attached hydrogen (secondary N) is 1. The van der Waals surface area contributed by atoms with Crippen LogP contribution in [-0.4, -0.2) is 66.8 Å². The van der Waals surface area contributed by atoms with E-state index in [1.54, 1.807) is 0 Å². The number of hydrogen-bond acceptors (Lipinski definition) is 5. The predicted octanol–water partition coefficient (Wildman–Crippen LogP) is -1.08. The first-order chi connectivity index (χ1) is 10.1. The molecule has 2 heterocycles. The molecule has 21 heavy (non-hydrogen) atoms. The van der Waals surface area contributed by atoms with Crippen LogP contribution in [0.5, 0.6) is 0 Å². The van der Waals surface area contributed by atoms with Gasteiger partial charge in [-0.3, -0.25) is 24.6 Å². The topological polar surface area (TPSA) is 95.7 Å². The Bertz CT molecular complexity index is 413. The molecule has 2 aliphatic rings. The smallest absolute Gasteiger partial charge is 0.246 e. The Morgan fingerprint density at radius 2 is 1.95 bits per heavy atom. The van der Waals surface area contributed by atoms with Gasteiger partial charge in [-0.15, -0.1) is 0 Å². The Balaban J connectivity index is 1.71. The summed E-state index contributed by atoms with van der Waals surface area (Å²) in [6.07, 6.45) is 3.42. The van der Waals surface area contributed by atoms with Crippen LogP contribution in [0.2, 0.25) is 0 Å². The molecular formula is C14H24N4O3. The molecule has 0 aromatic carbocycles. The van der Waals surface area contributed by atoms with Crippen LogP contribution in [-0.2, 0) is 14.4 Å². The van der Waals surface area contributed by atoms with E-state index in [0.717, 1.165) is 32.4 Å². The minimum absolute atomic E-state index is 0.0144. The molecule has 7 nitrogen and oxygen atoms in total. The number of hydrogen-bond donors (Lipinski definition) is 2. The van der Waals surface area contributed by atoms with Gasteiger partial charge in [0.2, 0.25) is 17.7 Å². The summed E-state index contributed by atoms with van der Waals surface area (Å²) in [5, 5.41) is 2.36. The maximum Gasteiger partial charge on any atom is 0.246 e. The molecule has 0 aromatic heterocycles. The zero-order valence-corrected chi connectivity index (χ0v) is 12.3. The number of imide groups is 1. The quantitative estimate of drug-likeness (QED) is 0.673. The summed E-state index contributed by atoms with van der Waals surface area (Å²) in [5.74, 6) is -0.282. The summed E-state index contributed by atoms with van der Waals surface area (Å²) >= 11 is 0. The number of amides is 3. The molecule has 0 radical (unpaired) electrons. The number of carbonyl (C=O) groups excluding carboxylic acids is 3. The molecule has 0 aromatic rings. The Kier molecular flexibility index (Phi) is 5.69. The first-order valence-electron chi connectivity index (χ1n) is 7.61. The number of carbonyl (C=O) groups is 3. The van der Waals surface area contributed by atoms with Crippen molar-refractivity contribution in [3.63, 3.8) is 0 Å². The Hall–Kier alpha value is -1.47. The van der Waals surface area contributed by atoms with Crippen molar-refractivity contribution in [3.8, 4) is 0 Å². The number of nitrogens with zero attached hydrogens (tertiary/aromatic N) is 2. The predicted molar refractivity (Wildman–Crippen MR) is 77.2 cm³/mol. The van der Waals surface area contributed by atoms with Gasteiger partial charge in [-0.2, -0.15) is 0 Å². The van der Waals surface area contributed by atoms with Gasteiger partial charge in [0.05, 0.1) is 13.1 Å². The van der Waals surface area contributed by atoms with Gasteiger partial charge in [0.25, 0.3) is 0 Å². The molecular weight excluding hydrogens is 272 g/mol. The molecule has 3 N–H and O–H groups in total. The van der Waals surface area contributed by atoms with Crippen LogP contribution in [0.25, 0.3) is 0 Å². The Morgan fingerprint density at radius 1 is 1.19 bits per heavy atom. The van der Waals surface area contributed by atoms with Crippen LogP contribution in [0.3, 0.4) is 0 Å². The molecule has 0 saturated carbocycles. The molecule has 118 valence electrons. The Labute approximate surface area is 124 Å². The normalized spacial score (nSPS) is 23.4. The second-order valence-corrected chi connectivity index (χ2v) is 5.87. The van der Waals surface area contributed by atoms with E-state index >= 15 is 0 Å². The molecule has 1 atom stereocenters. The van der Waals surface area contributed by atoms with E-state index in [9.17, 15) is 14.4 Å². The van der Waals surface area contributed by atoms with E-state index in [1.165, 1.54) is 4.90 Å². The first-order valence-corrected chi connectivity index (χ1v) is 7.61. The van der Waals surface area contributed by atoms with Crippen LogP contribution >= 0.6 is 0 Å². The van der Waals surface area contributed by atoms with Crippen molar-refractivity contribution in [3.05, 3.63) is 0 Å². The van der Waals surface area contributed by atoms with Crippen LogP contribution in [0, 0.1) is 5.92 Å². The molecule has 0 spiro atoms. The largest absolute Gasteiger partial charge is 0.333 e. The van der Waals surface area contributed by atoms with Crippen molar-refractivity contribution >= 4 is 17.7 Å². The highest BCUT2D eigenvalue weighted by Gasteiger charge is 2.24. The third kappa shape index (κ3) is 4.78. The Morgan fingerprint density at radius 3 is 2.62 bits per heavy atom. The van der Waals surface area contributed by atoms with Gasteiger partial charge in [0.15, 0.2) is 0 Å². The third-order valence-electron chi connectivity index (χ3n) is 4.09. The van der Waals surface area contributed by atoms with Gasteiger partial charge in [0.1, 0.15) is 0 Å². The molecule has 2 aliphatic heterocycles. The molecule has 2 rings (SSSR count). The standard InChI is InChI=1S/C14H24N4O3/c15-7-11-3-1-5-17(8-11)9-12(19)16-13(20)10-18-6-2-4-14(18)21/h11H,1-10,15H2,(H,16,19,20). The highest BCUT2D eigenvalue weighted by molar-refractivity contribution is 5.98. The van der Waals surface area contributed by atoms with Crippen molar-refractivity contribution in [1.82, 2.24) is 15.1 Å². The molecule has 3 amide bonds. The summed E-state index contributed by atoms with van der Waals surface area (Å²) in [4.78, 5) is 38.6. The molecule has 0 bridgehead atoms. The molecule has 2 fully saturated rings. The van der Waals surface area contributed by atoms with Crippen molar-refractivity contribution < 1.29 is 14.4 Å². The number of rotatable bonds is 5. The van der Waals surface area contributed by atoms with Crippen molar-refractivity contribution in [2.75, 3.05) is 39.3 Å². The maximum absolute atomic E-state index is 11.9. The molecule has 2 saturated heterocycles. The maximum atomic E-state index is 11.9. The summed E-state index contributed by atoms with van der Waals surface area (Å²) in [6.45, 7) is 3.11. The fourth-order valence-electron chi connectivity index (χ4n) is 2.97. The molecule has 0 aliphatic carbocycles. The lowest BCUT2D eigenvalue weighted by molar-refractivity contribution is -0.136. The monoisotopic (exact) mass is 296 g/mol. The van der Waals surface area contributed by atoms with Crippen molar-refractivity contribution in [2.45, 2.75) is 25.7 Å². The number of likely N-dealkylation sites (tertiary alicyclic amines) is 2. The fraction of sp³-hybridized carbons (Fsp3) is 0.786. The summed E-state index contributed by atoms with van der Waals surface area (Å²) in [5.41, 5.74) is 5.66. The average Bonchev–Trinajstić information content (AvgIpc) is 2.84. The van der Waals surface area contributed by atoms with Crippen LogP contribution in [0.4, 0.5) is 0 Å². The van der Waals surface area contributed by atoms with Crippen LogP contribution in [0.15, 0.2) is 0 Å². The minimum Gasteiger partial charge on any atom is -0.333 e. The van der Waals surface area contributed by atoms with E-state index in [-0.39, 0.29) is 24.9 Å². The van der Waals surface area contributed by atoms with Crippen molar-refractivity contribution in [2.24, 2.45) is 11.7 Å². The minimum atomic E-state index is -0.400. The van der Waals surface area contributed by atoms with Gasteiger partial charge in [-0.25, -0.2) is 0 Å². The lowest BCUT2D eigenvalue weighted by atomic mass is 9.98. The van der Waals surface area contributed by atoms with E-state index < -0.39 is 5.91 Å². The zero-order chi connectivity index (χ0) is 15.2. The first kappa shape index (κ1) is 15.9. The van der Waals surface area contributed by atoms with E-state index in [0.29, 0.717) is 25.4 Å².